The number of aliphatic hydroxyl groups is 2. The van der Waals surface area contributed by atoms with Crippen LogP contribution < -0.4 is 299 Å². The van der Waals surface area contributed by atoms with Gasteiger partial charge in [0.15, 0.2) is 5.83 Å². The van der Waals surface area contributed by atoms with E-state index in [2.05, 4.69) is 137 Å². The number of allylic oxidation sites excluding steroid dienone is 5. The molecule has 0 atom stereocenters. The molecule has 0 rings (SSSR count). The van der Waals surface area contributed by atoms with Gasteiger partial charge in [-0.15, -0.1) is 58.8 Å². The standard InChI is InChI=1S/C6H14.C6H12.C5H8O.C5H12.C4H6F2.2C4H9O.C4H10.C4H9.C4H6.C3H3F3.C3H8O.C3H6O.C3H4.C2H5Br.C2F4.C2H6O.2C2H4O.5C2H6.CH2O3.B.BrH.4K.Li.2Na.H2O.2H/c2*1-3-5-6-4-2;1-4-5(2,3)6;1-3-5-4-2;1-3(5)4(2)6;2*1-4(2,3)5;3*1-3-4-2;1-2(4)3(5)6;1-3-4-2;1-2-3-4;1-3-2;1-2-3;3-1(4)2(5)6;3*1-2-3;5*1-2;2-1-4-3;;;;;;;;;;;;/h3-6H2,1-2H3;5-6H,3-4H2,1-2H3;1,6H,2-3H3;3-5H2,1-2H3;1-2H3;2*1-3H3;3-4H2,1-2H3;1,3-4H2,2H3;1-2H3;1H3;3H2,1-2H3;3H,2H2,1H3;1H,2H3;2H2,1H3;;3H,2H2,1H3;2*2H,1H3;5*1-2H3;1,3H;;1H;;;;;;;;1H2;;/q;;;;;2*-1;;-1;;;;;;;;;;;;;;;;;;;7*+1;;2*-1/p-2/b;6-5-;;;4-3+;;;;;;;;;;;;;;;;;;;;;;;;;;;;;;;;. The summed E-state index contributed by atoms with van der Waals surface area (Å²) in [6.45, 7) is 75.6. The van der Waals surface area contributed by atoms with Crippen molar-refractivity contribution in [3.63, 3.8) is 0 Å². The third-order valence-corrected chi connectivity index (χ3v) is 5.13. The normalized spacial score (nSPS) is 7.00. The average Bonchev–Trinajstić information content (AvgIpc) is 1.09. The van der Waals surface area contributed by atoms with Crippen LogP contribution in [0.3, 0.4) is 0 Å². The van der Waals surface area contributed by atoms with Gasteiger partial charge in [0, 0.05) is 40.5 Å². The number of carbonyl (C=O) groups is 4. The first-order chi connectivity index (χ1) is 46.3. The fourth-order valence-corrected chi connectivity index (χ4v) is 1.19. The number of aliphatic hydroxyl groups excluding tert-OH is 1. The molecule has 0 aromatic carbocycles. The molecule has 110 heavy (non-hydrogen) atoms. The zero-order chi connectivity index (χ0) is 87.5. The Labute approximate surface area is 930 Å². The second-order valence-electron chi connectivity index (χ2n) is 17.7. The first kappa shape index (κ1) is 234. The van der Waals surface area contributed by atoms with E-state index in [4.69, 9.17) is 36.3 Å². The van der Waals surface area contributed by atoms with Crippen molar-refractivity contribution in [3.05, 3.63) is 54.8 Å². The van der Waals surface area contributed by atoms with Crippen molar-refractivity contribution < 1.29 is 386 Å². The molecular weight excluding hydrogens is 1690 g/mol. The first-order valence-corrected chi connectivity index (χ1v) is 35.8. The molecule has 645 valence electrons. The quantitative estimate of drug-likeness (QED) is 0.0250. The number of alkyl halides is 1. The maximum absolute atomic E-state index is 11.3. The topological polar surface area (TPSA) is 226 Å². The van der Waals surface area contributed by atoms with E-state index in [0.29, 0.717) is 13.3 Å². The van der Waals surface area contributed by atoms with E-state index in [1.807, 2.05) is 104 Å². The van der Waals surface area contributed by atoms with Crippen LogP contribution >= 0.6 is 32.9 Å². The van der Waals surface area contributed by atoms with Crippen LogP contribution in [0.15, 0.2) is 47.9 Å². The van der Waals surface area contributed by atoms with E-state index in [9.17, 15) is 54.5 Å². The largest absolute Gasteiger partial charge is 1.00 e. The molecule has 0 saturated carbocycles. The van der Waals surface area contributed by atoms with Gasteiger partial charge in [0.2, 0.25) is 0 Å². The number of carbonyl (C=O) groups excluding carboxylic acids is 4. The number of terminal acetylenes is 2. The van der Waals surface area contributed by atoms with Crippen molar-refractivity contribution in [2.24, 2.45) is 0 Å². The van der Waals surface area contributed by atoms with Crippen LogP contribution in [0.1, 0.15) is 363 Å². The summed E-state index contributed by atoms with van der Waals surface area (Å²) >= 11 is 3.15. The molecule has 31 heteroatoms. The molecule has 0 aliphatic heterocycles. The van der Waals surface area contributed by atoms with Crippen molar-refractivity contribution >= 4 is 66.7 Å². The minimum atomic E-state index is -2.91. The molecule has 0 unspecified atom stereocenters. The van der Waals surface area contributed by atoms with Crippen LogP contribution in [-0.4, -0.2) is 91.9 Å². The van der Waals surface area contributed by atoms with Crippen molar-refractivity contribution in [2.75, 3.05) is 25.7 Å². The van der Waals surface area contributed by atoms with Crippen LogP contribution in [0, 0.1) is 43.5 Å². The molecule has 0 aromatic rings. The van der Waals surface area contributed by atoms with Gasteiger partial charge in [0.1, 0.15) is 36.1 Å². The number of hydrogen-bond donors (Lipinski definition) is 2. The number of ether oxygens (including phenoxy) is 1. The Morgan fingerprint density at radius 3 is 0.673 bits per heavy atom. The summed E-state index contributed by atoms with van der Waals surface area (Å²) in [7, 11) is 1.68. The third kappa shape index (κ3) is 1210. The Balaban J connectivity index is -0.0000000150. The van der Waals surface area contributed by atoms with Gasteiger partial charge >= 0.3 is 302 Å². The summed E-state index contributed by atoms with van der Waals surface area (Å²) < 4.78 is 101. The first-order valence-electron chi connectivity index (χ1n) is 34.7. The molecule has 0 aliphatic carbocycles. The molecule has 0 amide bonds. The van der Waals surface area contributed by atoms with Gasteiger partial charge < -0.3 is 64.9 Å². The van der Waals surface area contributed by atoms with E-state index in [1.54, 1.807) is 76.3 Å². The Bertz CT molecular complexity index is 1360. The van der Waals surface area contributed by atoms with E-state index in [1.165, 1.54) is 90.9 Å². The number of halogens is 11. The van der Waals surface area contributed by atoms with E-state index < -0.39 is 52.5 Å². The predicted molar refractivity (Wildman–Crippen MR) is 446 cm³/mol. The SMILES string of the molecule is Br.C#CC.C#CC(C)(C)O.C/C(F)=C(/C)F.CC.CC.CC.CC.CC.CC#CC.CC(C)(C)[O-].CC(C)(C)[O-].CC(F)=C(F)F.CC/C=C\CC.CC=O.CC=O.CCBr.CCC=O.CCCC.CCCCC.CCCCCC.CCO.CCOC.FC(F)=C(F)F.O=CO[O-].[B].[CH2-]CCC.[H-].[H-].[K+].[K+].[K+].[K+].[Li+].[Na+].[Na+].[OH-]. The van der Waals surface area contributed by atoms with Crippen LogP contribution in [0.2, 0.25) is 0 Å². The summed E-state index contributed by atoms with van der Waals surface area (Å²) in [5, 5.41) is 45.9. The minimum Gasteiger partial charge on any atom is -1.00 e. The van der Waals surface area contributed by atoms with Crippen LogP contribution in [0.5, 0.6) is 0 Å². The summed E-state index contributed by atoms with van der Waals surface area (Å²) in [6.07, 6.45) is 25.6. The number of rotatable bonds is 12. The number of methoxy groups -OCH3 is 1. The Morgan fingerprint density at radius 2 is 0.655 bits per heavy atom. The Kier molecular flexibility index (Phi) is 630. The summed E-state index contributed by atoms with van der Waals surface area (Å²) in [6, 6.07) is 0. The van der Waals surface area contributed by atoms with E-state index in [0.717, 1.165) is 51.1 Å². The van der Waals surface area contributed by atoms with Gasteiger partial charge in [-0.05, 0) is 95.9 Å². The monoisotopic (exact) mass is 1860 g/mol. The third-order valence-electron chi connectivity index (χ3n) is 5.13. The fourth-order valence-electron chi connectivity index (χ4n) is 1.19. The molecule has 0 aliphatic rings. The molecular formula is C79H170BBr2F9K4LiNa2O12. The second-order valence-corrected chi connectivity index (χ2v) is 18.8. The van der Waals surface area contributed by atoms with Gasteiger partial charge in [0.05, 0.1) is 0 Å². The van der Waals surface area contributed by atoms with Gasteiger partial charge in [-0.3, -0.25) is 4.79 Å². The van der Waals surface area contributed by atoms with E-state index >= 15 is 0 Å². The van der Waals surface area contributed by atoms with Crippen LogP contribution in [0.25, 0.3) is 0 Å². The zero-order valence-electron chi connectivity index (χ0n) is 82.6. The predicted octanol–water partition coefficient (Wildman–Crippen LogP) is 5.07. The molecule has 0 fully saturated rings. The number of aldehydes is 3. The van der Waals surface area contributed by atoms with Crippen molar-refractivity contribution in [1.29, 1.82) is 0 Å². The summed E-state index contributed by atoms with van der Waals surface area (Å²) in [5.41, 5.74) is -2.43. The van der Waals surface area contributed by atoms with Gasteiger partial charge in [-0.25, -0.2) is 13.2 Å². The molecule has 0 spiro atoms. The molecule has 0 aromatic heterocycles. The number of unbranched alkanes of at least 4 members (excludes halogenated alkanes) is 7. The Morgan fingerprint density at radius 1 is 0.518 bits per heavy atom. The average molecular weight is 1860 g/mol. The van der Waals surface area contributed by atoms with Gasteiger partial charge in [-0.2, -0.15) is 32.8 Å². The molecule has 0 saturated heterocycles. The maximum Gasteiger partial charge on any atom is 1.00 e. The van der Waals surface area contributed by atoms with Crippen molar-refractivity contribution in [2.45, 2.75) is 377 Å². The maximum atomic E-state index is 11.3. The molecule has 3 N–H and O–H groups in total. The van der Waals surface area contributed by atoms with Crippen LogP contribution in [-0.2, 0) is 28.8 Å². The van der Waals surface area contributed by atoms with Crippen molar-refractivity contribution in [1.82, 2.24) is 0 Å². The van der Waals surface area contributed by atoms with Crippen LogP contribution in [0.4, 0.5) is 39.5 Å². The fraction of sp³-hybridized carbons (Fsp3) is 0.759. The molecule has 0 heterocycles. The van der Waals surface area contributed by atoms with Crippen molar-refractivity contribution in [3.8, 4) is 36.5 Å². The molecule has 0 bridgehead atoms. The molecule has 3 radical (unpaired) electrons. The Hall–Kier alpha value is 5.38. The van der Waals surface area contributed by atoms with Gasteiger partial charge in [-0.1, -0.05) is 285 Å². The zero-order valence-corrected chi connectivity index (χ0v) is 100. The summed E-state index contributed by atoms with van der Waals surface area (Å²) in [5.74, 6) is 6.88. The second kappa shape index (κ2) is 297. The number of hydrogen-bond acceptors (Lipinski definition) is 12. The van der Waals surface area contributed by atoms with Gasteiger partial charge in [0.25, 0.3) is 6.47 Å². The smallest absolute Gasteiger partial charge is 1.00 e. The molecule has 12 nitrogen and oxygen atoms in total. The summed E-state index contributed by atoms with van der Waals surface area (Å²) in [4.78, 5) is 38.0. The minimum absolute atomic E-state index is 0. The van der Waals surface area contributed by atoms with E-state index in [-0.39, 0.29) is 330 Å².